The van der Waals surface area contributed by atoms with Gasteiger partial charge in [-0.1, -0.05) is 13.8 Å². The molecule has 0 unspecified atom stereocenters. The van der Waals surface area contributed by atoms with E-state index in [0.717, 1.165) is 11.8 Å². The van der Waals surface area contributed by atoms with Crippen LogP contribution in [0.2, 0.25) is 0 Å². The molecule has 1 fully saturated rings. The van der Waals surface area contributed by atoms with Gasteiger partial charge in [0, 0.05) is 18.3 Å². The standard InChI is InChI=1S/C7H16N2S/c1-4-9-5-6(2)10-7(3)8-9/h6-8H,4-5H2,1-3H3/t6-,7+/m0/s1. The first-order valence-corrected chi connectivity index (χ1v) is 4.83. The van der Waals surface area contributed by atoms with Crippen LogP contribution in [0.5, 0.6) is 0 Å². The fraction of sp³-hybridized carbons (Fsp3) is 1.00. The van der Waals surface area contributed by atoms with Crippen LogP contribution >= 0.6 is 11.8 Å². The molecule has 0 saturated carbocycles. The maximum absolute atomic E-state index is 3.39. The fourth-order valence-electron chi connectivity index (χ4n) is 1.26. The molecular formula is C7H16N2S. The Morgan fingerprint density at radius 2 is 2.30 bits per heavy atom. The van der Waals surface area contributed by atoms with Gasteiger partial charge in [0.2, 0.25) is 0 Å². The molecule has 0 aromatic carbocycles. The van der Waals surface area contributed by atoms with Gasteiger partial charge in [-0.25, -0.2) is 10.4 Å². The highest BCUT2D eigenvalue weighted by Gasteiger charge is 2.19. The molecule has 0 radical (unpaired) electrons. The van der Waals surface area contributed by atoms with Crippen LogP contribution in [0, 0.1) is 0 Å². The molecule has 0 amide bonds. The van der Waals surface area contributed by atoms with Gasteiger partial charge in [0.1, 0.15) is 0 Å². The first-order chi connectivity index (χ1) is 4.72. The minimum atomic E-state index is 0.587. The van der Waals surface area contributed by atoms with E-state index in [-0.39, 0.29) is 0 Å². The van der Waals surface area contributed by atoms with Crippen molar-refractivity contribution in [1.29, 1.82) is 0 Å². The number of hydrogen-bond acceptors (Lipinski definition) is 3. The minimum Gasteiger partial charge on any atom is -0.243 e. The van der Waals surface area contributed by atoms with Gasteiger partial charge in [0.05, 0.1) is 5.37 Å². The molecule has 2 nitrogen and oxygen atoms in total. The second kappa shape index (κ2) is 3.60. The molecule has 10 heavy (non-hydrogen) atoms. The second-order valence-corrected chi connectivity index (χ2v) is 4.54. The molecule has 1 aliphatic rings. The average Bonchev–Trinajstić information content (AvgIpc) is 1.85. The Hall–Kier alpha value is 0.270. The van der Waals surface area contributed by atoms with Gasteiger partial charge in [0.15, 0.2) is 0 Å². The van der Waals surface area contributed by atoms with Crippen molar-refractivity contribution in [2.75, 3.05) is 13.1 Å². The summed E-state index contributed by atoms with van der Waals surface area (Å²) in [5.41, 5.74) is 3.39. The van der Waals surface area contributed by atoms with E-state index in [1.165, 1.54) is 6.54 Å². The first-order valence-electron chi connectivity index (χ1n) is 3.89. The summed E-state index contributed by atoms with van der Waals surface area (Å²) in [5.74, 6) is 0. The van der Waals surface area contributed by atoms with Crippen LogP contribution < -0.4 is 5.43 Å². The molecule has 0 aliphatic carbocycles. The Balaban J connectivity index is 2.35. The second-order valence-electron chi connectivity index (χ2n) is 2.76. The zero-order valence-electron chi connectivity index (χ0n) is 6.92. The number of rotatable bonds is 1. The molecule has 0 spiro atoms. The van der Waals surface area contributed by atoms with Crippen molar-refractivity contribution >= 4 is 11.8 Å². The lowest BCUT2D eigenvalue weighted by Gasteiger charge is -2.34. The van der Waals surface area contributed by atoms with E-state index in [2.05, 4.69) is 31.2 Å². The van der Waals surface area contributed by atoms with Crippen molar-refractivity contribution in [2.45, 2.75) is 31.4 Å². The largest absolute Gasteiger partial charge is 0.243 e. The van der Waals surface area contributed by atoms with Crippen molar-refractivity contribution < 1.29 is 0 Å². The molecule has 3 heteroatoms. The lowest BCUT2D eigenvalue weighted by Crippen LogP contribution is -2.49. The minimum absolute atomic E-state index is 0.587. The van der Waals surface area contributed by atoms with Crippen LogP contribution in [-0.4, -0.2) is 28.7 Å². The molecule has 0 aromatic rings. The van der Waals surface area contributed by atoms with Crippen molar-refractivity contribution in [1.82, 2.24) is 10.4 Å². The van der Waals surface area contributed by atoms with E-state index in [1.54, 1.807) is 0 Å². The highest BCUT2D eigenvalue weighted by Crippen LogP contribution is 2.20. The van der Waals surface area contributed by atoms with Gasteiger partial charge in [-0.15, -0.1) is 11.8 Å². The maximum Gasteiger partial charge on any atom is 0.0643 e. The van der Waals surface area contributed by atoms with Crippen LogP contribution in [0.4, 0.5) is 0 Å². The number of hydrazine groups is 1. The van der Waals surface area contributed by atoms with Gasteiger partial charge < -0.3 is 0 Å². The van der Waals surface area contributed by atoms with Crippen molar-refractivity contribution in [3.8, 4) is 0 Å². The summed E-state index contributed by atoms with van der Waals surface area (Å²) in [6.45, 7) is 8.96. The Labute approximate surface area is 67.3 Å². The fourth-order valence-corrected chi connectivity index (χ4v) is 2.44. The molecule has 1 saturated heterocycles. The zero-order valence-corrected chi connectivity index (χ0v) is 7.74. The van der Waals surface area contributed by atoms with Crippen molar-refractivity contribution in [3.63, 3.8) is 0 Å². The third-order valence-electron chi connectivity index (χ3n) is 1.66. The van der Waals surface area contributed by atoms with E-state index in [1.807, 2.05) is 11.8 Å². The molecule has 1 N–H and O–H groups in total. The third-order valence-corrected chi connectivity index (χ3v) is 2.79. The molecule has 1 rings (SSSR count). The summed E-state index contributed by atoms with van der Waals surface area (Å²) in [5, 5.41) is 3.64. The van der Waals surface area contributed by atoms with Crippen LogP contribution in [0.25, 0.3) is 0 Å². The summed E-state index contributed by atoms with van der Waals surface area (Å²) in [4.78, 5) is 0. The molecule has 0 aromatic heterocycles. The molecule has 60 valence electrons. The maximum atomic E-state index is 3.39. The van der Waals surface area contributed by atoms with Gasteiger partial charge in [-0.3, -0.25) is 0 Å². The lowest BCUT2D eigenvalue weighted by molar-refractivity contribution is 0.187. The summed E-state index contributed by atoms with van der Waals surface area (Å²) in [7, 11) is 0. The number of nitrogens with one attached hydrogen (secondary N) is 1. The van der Waals surface area contributed by atoms with E-state index >= 15 is 0 Å². The smallest absolute Gasteiger partial charge is 0.0643 e. The van der Waals surface area contributed by atoms with Crippen LogP contribution in [0.15, 0.2) is 0 Å². The summed E-state index contributed by atoms with van der Waals surface area (Å²) >= 11 is 2.01. The predicted molar refractivity (Wildman–Crippen MR) is 46.9 cm³/mol. The van der Waals surface area contributed by atoms with Crippen LogP contribution in [0.1, 0.15) is 20.8 Å². The highest BCUT2D eigenvalue weighted by atomic mass is 32.2. The number of hydrogen-bond donors (Lipinski definition) is 1. The van der Waals surface area contributed by atoms with Gasteiger partial charge >= 0.3 is 0 Å². The Morgan fingerprint density at radius 3 is 2.80 bits per heavy atom. The molecular weight excluding hydrogens is 144 g/mol. The van der Waals surface area contributed by atoms with Gasteiger partial charge in [-0.05, 0) is 6.92 Å². The van der Waals surface area contributed by atoms with Crippen LogP contribution in [-0.2, 0) is 0 Å². The quantitative estimate of drug-likeness (QED) is 0.622. The SMILES string of the molecule is CCN1C[C@H](C)S[C@H](C)N1. The van der Waals surface area contributed by atoms with Gasteiger partial charge in [0.25, 0.3) is 0 Å². The van der Waals surface area contributed by atoms with Crippen molar-refractivity contribution in [3.05, 3.63) is 0 Å². The molecule has 1 aliphatic heterocycles. The zero-order chi connectivity index (χ0) is 7.56. The van der Waals surface area contributed by atoms with E-state index in [0.29, 0.717) is 5.37 Å². The van der Waals surface area contributed by atoms with E-state index in [4.69, 9.17) is 0 Å². The van der Waals surface area contributed by atoms with E-state index < -0.39 is 0 Å². The van der Waals surface area contributed by atoms with E-state index in [9.17, 15) is 0 Å². The lowest BCUT2D eigenvalue weighted by atomic mass is 10.4. The highest BCUT2D eigenvalue weighted by molar-refractivity contribution is 8.00. The molecule has 2 atom stereocenters. The summed E-state index contributed by atoms with van der Waals surface area (Å²) < 4.78 is 0. The third kappa shape index (κ3) is 2.15. The normalized spacial score (nSPS) is 36.3. The Morgan fingerprint density at radius 1 is 1.60 bits per heavy atom. The molecule has 1 heterocycles. The Kier molecular flexibility index (Phi) is 3.01. The van der Waals surface area contributed by atoms with Crippen LogP contribution in [0.3, 0.4) is 0 Å². The Bertz CT molecular complexity index is 97.8. The summed E-state index contributed by atoms with van der Waals surface area (Å²) in [6, 6.07) is 0. The number of nitrogens with zero attached hydrogens (tertiary/aromatic N) is 1. The van der Waals surface area contributed by atoms with Gasteiger partial charge in [-0.2, -0.15) is 0 Å². The van der Waals surface area contributed by atoms with Crippen molar-refractivity contribution in [2.24, 2.45) is 0 Å². The monoisotopic (exact) mass is 160 g/mol. The topological polar surface area (TPSA) is 15.3 Å². The predicted octanol–water partition coefficient (Wildman–Crippen LogP) is 1.29. The molecule has 0 bridgehead atoms. The number of thioether (sulfide) groups is 1. The first kappa shape index (κ1) is 8.37. The summed E-state index contributed by atoms with van der Waals surface area (Å²) in [6.07, 6.45) is 0. The average molecular weight is 160 g/mol.